The highest BCUT2D eigenvalue weighted by Gasteiger charge is 2.49. The molecule has 1 fully saturated rings. The molecule has 5 nitrogen and oxygen atoms in total. The minimum absolute atomic E-state index is 0.0471. The lowest BCUT2D eigenvalue weighted by atomic mass is 9.64. The van der Waals surface area contributed by atoms with Gasteiger partial charge in [0.1, 0.15) is 0 Å². The lowest BCUT2D eigenvalue weighted by Crippen LogP contribution is -2.58. The lowest BCUT2D eigenvalue weighted by molar-refractivity contribution is -0.0975. The number of rotatable bonds is 5. The summed E-state index contributed by atoms with van der Waals surface area (Å²) in [7, 11) is 1.62. The first-order chi connectivity index (χ1) is 9.90. The molecule has 2 atom stereocenters. The molecule has 0 saturated heterocycles. The zero-order chi connectivity index (χ0) is 15.6. The molecule has 1 aliphatic carbocycles. The summed E-state index contributed by atoms with van der Waals surface area (Å²) in [6.07, 6.45) is 1.22. The number of carbonyl (C=O) groups excluding carboxylic acids is 1. The Morgan fingerprint density at radius 2 is 2.19 bits per heavy atom. The third-order valence-corrected chi connectivity index (χ3v) is 4.42. The van der Waals surface area contributed by atoms with E-state index in [0.717, 1.165) is 18.7 Å². The van der Waals surface area contributed by atoms with Crippen LogP contribution >= 0.6 is 0 Å². The van der Waals surface area contributed by atoms with E-state index >= 15 is 0 Å². The average Bonchev–Trinajstić information content (AvgIpc) is 2.47. The van der Waals surface area contributed by atoms with Gasteiger partial charge in [0.15, 0.2) is 0 Å². The van der Waals surface area contributed by atoms with Crippen LogP contribution in [0, 0.1) is 5.41 Å². The van der Waals surface area contributed by atoms with Crippen LogP contribution in [-0.2, 0) is 4.74 Å². The number of nitrogens with two attached hydrogens (primary N) is 1. The Balaban J connectivity index is 2.12. The molecule has 2 rings (SSSR count). The highest BCUT2D eigenvalue weighted by molar-refractivity contribution is 5.96. The highest BCUT2D eigenvalue weighted by atomic mass is 16.5. The maximum Gasteiger partial charge on any atom is 0.251 e. The van der Waals surface area contributed by atoms with Crippen LogP contribution < -0.4 is 16.4 Å². The van der Waals surface area contributed by atoms with Crippen molar-refractivity contribution in [2.45, 2.75) is 39.3 Å². The van der Waals surface area contributed by atoms with Gasteiger partial charge < -0.3 is 21.1 Å². The van der Waals surface area contributed by atoms with Crippen molar-refractivity contribution in [3.63, 3.8) is 0 Å². The number of nitrogen functional groups attached to an aromatic ring is 1. The number of carbonyl (C=O) groups is 1. The average molecular weight is 291 g/mol. The number of amides is 1. The summed E-state index contributed by atoms with van der Waals surface area (Å²) < 4.78 is 5.74. The van der Waals surface area contributed by atoms with E-state index in [0.29, 0.717) is 11.3 Å². The van der Waals surface area contributed by atoms with Crippen molar-refractivity contribution in [2.75, 3.05) is 24.7 Å². The predicted molar refractivity (Wildman–Crippen MR) is 85.5 cm³/mol. The smallest absolute Gasteiger partial charge is 0.251 e. The molecular formula is C16H25N3O2. The van der Waals surface area contributed by atoms with Crippen LogP contribution in [0.4, 0.5) is 11.4 Å². The standard InChI is InChI=1S/C16H25N3O2/c1-5-21-14-9-13(16(14,2)3)19-12-8-10(15(20)18-4)6-7-11(12)17/h6-8,13-14,19H,5,9,17H2,1-4H3,(H,18,20). The first-order valence-electron chi connectivity index (χ1n) is 7.39. The molecule has 0 radical (unpaired) electrons. The van der Waals surface area contributed by atoms with Gasteiger partial charge in [-0.05, 0) is 31.5 Å². The number of benzene rings is 1. The highest BCUT2D eigenvalue weighted by Crippen LogP contribution is 2.44. The third-order valence-electron chi connectivity index (χ3n) is 4.42. The second-order valence-electron chi connectivity index (χ2n) is 6.08. The van der Waals surface area contributed by atoms with Crippen LogP contribution in [-0.4, -0.2) is 31.7 Å². The van der Waals surface area contributed by atoms with Gasteiger partial charge in [0, 0.05) is 30.7 Å². The molecule has 4 N–H and O–H groups in total. The Labute approximate surface area is 126 Å². The zero-order valence-corrected chi connectivity index (χ0v) is 13.2. The Hall–Kier alpha value is -1.75. The van der Waals surface area contributed by atoms with Gasteiger partial charge in [0.25, 0.3) is 5.91 Å². The van der Waals surface area contributed by atoms with E-state index in [-0.39, 0.29) is 23.5 Å². The van der Waals surface area contributed by atoms with E-state index < -0.39 is 0 Å². The molecule has 21 heavy (non-hydrogen) atoms. The molecule has 1 amide bonds. The molecule has 0 heterocycles. The molecule has 0 bridgehead atoms. The lowest BCUT2D eigenvalue weighted by Gasteiger charge is -2.52. The van der Waals surface area contributed by atoms with Gasteiger partial charge in [-0.2, -0.15) is 0 Å². The fraction of sp³-hybridized carbons (Fsp3) is 0.562. The number of anilines is 2. The monoisotopic (exact) mass is 291 g/mol. The second kappa shape index (κ2) is 5.93. The largest absolute Gasteiger partial charge is 0.397 e. The van der Waals surface area contributed by atoms with E-state index in [9.17, 15) is 4.79 Å². The number of hydrogen-bond donors (Lipinski definition) is 3. The van der Waals surface area contributed by atoms with Gasteiger partial charge in [0.05, 0.1) is 17.5 Å². The van der Waals surface area contributed by atoms with Crippen molar-refractivity contribution >= 4 is 17.3 Å². The van der Waals surface area contributed by atoms with Gasteiger partial charge in [-0.3, -0.25) is 4.79 Å². The maximum absolute atomic E-state index is 11.7. The Morgan fingerprint density at radius 1 is 1.48 bits per heavy atom. The molecular weight excluding hydrogens is 266 g/mol. The molecule has 1 saturated carbocycles. The van der Waals surface area contributed by atoms with E-state index in [1.807, 2.05) is 6.92 Å². The topological polar surface area (TPSA) is 76.4 Å². The molecule has 0 spiro atoms. The van der Waals surface area contributed by atoms with Gasteiger partial charge in [-0.15, -0.1) is 0 Å². The van der Waals surface area contributed by atoms with Gasteiger partial charge >= 0.3 is 0 Å². The summed E-state index contributed by atoms with van der Waals surface area (Å²) in [6.45, 7) is 7.12. The number of nitrogens with one attached hydrogen (secondary N) is 2. The molecule has 1 aliphatic rings. The minimum Gasteiger partial charge on any atom is -0.397 e. The summed E-state index contributed by atoms with van der Waals surface area (Å²) in [4.78, 5) is 11.7. The Kier molecular flexibility index (Phi) is 4.42. The number of hydrogen-bond acceptors (Lipinski definition) is 4. The van der Waals surface area contributed by atoms with E-state index in [2.05, 4.69) is 24.5 Å². The van der Waals surface area contributed by atoms with Crippen LogP contribution in [0.15, 0.2) is 18.2 Å². The van der Waals surface area contributed by atoms with Crippen molar-refractivity contribution in [2.24, 2.45) is 5.41 Å². The van der Waals surface area contributed by atoms with Gasteiger partial charge in [-0.1, -0.05) is 13.8 Å². The van der Waals surface area contributed by atoms with Crippen LogP contribution in [0.2, 0.25) is 0 Å². The summed E-state index contributed by atoms with van der Waals surface area (Å²) in [5.74, 6) is -0.113. The van der Waals surface area contributed by atoms with E-state index in [1.54, 1.807) is 25.2 Å². The maximum atomic E-state index is 11.7. The third kappa shape index (κ3) is 2.97. The van der Waals surface area contributed by atoms with Crippen molar-refractivity contribution in [1.29, 1.82) is 0 Å². The first kappa shape index (κ1) is 15.6. The van der Waals surface area contributed by atoms with E-state index in [1.165, 1.54) is 0 Å². The van der Waals surface area contributed by atoms with Crippen molar-refractivity contribution in [1.82, 2.24) is 5.32 Å². The minimum atomic E-state index is -0.113. The van der Waals surface area contributed by atoms with Gasteiger partial charge in [0.2, 0.25) is 0 Å². The fourth-order valence-electron chi connectivity index (χ4n) is 2.77. The van der Waals surface area contributed by atoms with Crippen LogP contribution in [0.1, 0.15) is 37.6 Å². The summed E-state index contributed by atoms with van der Waals surface area (Å²) in [6, 6.07) is 5.58. The summed E-state index contributed by atoms with van der Waals surface area (Å²) >= 11 is 0. The first-order valence-corrected chi connectivity index (χ1v) is 7.39. The molecule has 1 aromatic carbocycles. The SMILES string of the molecule is CCOC1CC(Nc2cc(C(=O)NC)ccc2N)C1(C)C. The zero-order valence-electron chi connectivity index (χ0n) is 13.2. The fourth-order valence-corrected chi connectivity index (χ4v) is 2.77. The molecule has 2 unspecified atom stereocenters. The molecule has 0 aliphatic heterocycles. The molecule has 1 aromatic rings. The summed E-state index contributed by atoms with van der Waals surface area (Å²) in [5.41, 5.74) is 8.13. The summed E-state index contributed by atoms with van der Waals surface area (Å²) in [5, 5.41) is 6.08. The van der Waals surface area contributed by atoms with Crippen molar-refractivity contribution in [3.05, 3.63) is 23.8 Å². The molecule has 5 heteroatoms. The molecule has 0 aromatic heterocycles. The van der Waals surface area contributed by atoms with Crippen LogP contribution in [0.3, 0.4) is 0 Å². The Morgan fingerprint density at radius 3 is 2.76 bits per heavy atom. The van der Waals surface area contributed by atoms with Crippen molar-refractivity contribution in [3.8, 4) is 0 Å². The van der Waals surface area contributed by atoms with Crippen LogP contribution in [0.5, 0.6) is 0 Å². The normalized spacial score (nSPS) is 23.2. The van der Waals surface area contributed by atoms with Crippen LogP contribution in [0.25, 0.3) is 0 Å². The number of ether oxygens (including phenoxy) is 1. The second-order valence-corrected chi connectivity index (χ2v) is 6.08. The van der Waals surface area contributed by atoms with E-state index in [4.69, 9.17) is 10.5 Å². The Bertz CT molecular complexity index is 528. The molecule has 116 valence electrons. The quantitative estimate of drug-likeness (QED) is 0.727. The predicted octanol–water partition coefficient (Wildman–Crippen LogP) is 2.24. The van der Waals surface area contributed by atoms with Crippen molar-refractivity contribution < 1.29 is 9.53 Å². The van der Waals surface area contributed by atoms with Gasteiger partial charge in [-0.25, -0.2) is 0 Å².